The van der Waals surface area contributed by atoms with Crippen molar-refractivity contribution in [2.24, 2.45) is 0 Å². The Labute approximate surface area is 124 Å². The molecule has 116 valence electrons. The standard InChI is InChI=1S/C15H22N2O4/c1-20-14(18)8-11-16-9-5-10-17-15(19)21-12-13-6-3-2-4-7-13/h2-4,6-7,16H,5,8-12H2,1H3,(H,17,19). The molecule has 0 bridgehead atoms. The van der Waals surface area contributed by atoms with Crippen LogP contribution in [0.5, 0.6) is 0 Å². The lowest BCUT2D eigenvalue weighted by atomic mass is 10.2. The average molecular weight is 294 g/mol. The van der Waals surface area contributed by atoms with Gasteiger partial charge in [-0.25, -0.2) is 4.79 Å². The van der Waals surface area contributed by atoms with E-state index in [4.69, 9.17) is 4.74 Å². The fraction of sp³-hybridized carbons (Fsp3) is 0.467. The number of carbonyl (C=O) groups excluding carboxylic acids is 2. The highest BCUT2D eigenvalue weighted by atomic mass is 16.5. The summed E-state index contributed by atoms with van der Waals surface area (Å²) in [7, 11) is 1.37. The third-order valence-electron chi connectivity index (χ3n) is 2.75. The van der Waals surface area contributed by atoms with Gasteiger partial charge in [0.1, 0.15) is 6.61 Å². The number of nitrogens with one attached hydrogen (secondary N) is 2. The second kappa shape index (κ2) is 10.7. The highest BCUT2D eigenvalue weighted by Gasteiger charge is 2.02. The summed E-state index contributed by atoms with van der Waals surface area (Å²) in [5.74, 6) is -0.231. The van der Waals surface area contributed by atoms with Crippen molar-refractivity contribution < 1.29 is 19.1 Å². The predicted molar refractivity (Wildman–Crippen MR) is 78.7 cm³/mol. The van der Waals surface area contributed by atoms with Gasteiger partial charge in [-0.3, -0.25) is 4.79 Å². The second-order valence-corrected chi connectivity index (χ2v) is 4.42. The first-order chi connectivity index (χ1) is 10.2. The Morgan fingerprint density at radius 1 is 1.10 bits per heavy atom. The molecule has 1 aromatic rings. The normalized spacial score (nSPS) is 9.95. The summed E-state index contributed by atoms with van der Waals surface area (Å²) in [6.07, 6.45) is 0.693. The monoisotopic (exact) mass is 294 g/mol. The van der Waals surface area contributed by atoms with Crippen LogP contribution in [0.2, 0.25) is 0 Å². The van der Waals surface area contributed by atoms with E-state index in [1.165, 1.54) is 7.11 Å². The molecule has 0 spiro atoms. The van der Waals surface area contributed by atoms with E-state index in [0.717, 1.165) is 18.5 Å². The van der Waals surface area contributed by atoms with Gasteiger partial charge in [0.25, 0.3) is 0 Å². The number of amides is 1. The van der Waals surface area contributed by atoms with Gasteiger partial charge in [-0.1, -0.05) is 30.3 Å². The maximum atomic E-state index is 11.4. The zero-order valence-corrected chi connectivity index (χ0v) is 12.3. The van der Waals surface area contributed by atoms with Crippen LogP contribution in [0.1, 0.15) is 18.4 Å². The van der Waals surface area contributed by atoms with Gasteiger partial charge in [-0.2, -0.15) is 0 Å². The van der Waals surface area contributed by atoms with Crippen molar-refractivity contribution in [1.29, 1.82) is 0 Å². The smallest absolute Gasteiger partial charge is 0.407 e. The molecule has 6 heteroatoms. The Kier molecular flexibility index (Phi) is 8.63. The van der Waals surface area contributed by atoms with Crippen LogP contribution in [0.4, 0.5) is 4.79 Å². The third kappa shape index (κ3) is 8.65. The van der Waals surface area contributed by atoms with Crippen LogP contribution in [0.3, 0.4) is 0 Å². The van der Waals surface area contributed by atoms with Gasteiger partial charge in [0.15, 0.2) is 0 Å². The second-order valence-electron chi connectivity index (χ2n) is 4.42. The van der Waals surface area contributed by atoms with Gasteiger partial charge in [0, 0.05) is 13.1 Å². The Morgan fingerprint density at radius 3 is 2.57 bits per heavy atom. The van der Waals surface area contributed by atoms with Crippen molar-refractivity contribution in [3.05, 3.63) is 35.9 Å². The maximum Gasteiger partial charge on any atom is 0.407 e. The molecule has 1 amide bonds. The molecule has 0 aromatic heterocycles. The highest BCUT2D eigenvalue weighted by Crippen LogP contribution is 2.00. The molecular weight excluding hydrogens is 272 g/mol. The minimum Gasteiger partial charge on any atom is -0.469 e. The number of hydrogen-bond donors (Lipinski definition) is 2. The molecule has 0 saturated carbocycles. The minimum atomic E-state index is -0.423. The first kappa shape index (κ1) is 17.0. The van der Waals surface area contributed by atoms with E-state index in [-0.39, 0.29) is 12.6 Å². The Hall–Kier alpha value is -2.08. The minimum absolute atomic E-state index is 0.231. The molecule has 6 nitrogen and oxygen atoms in total. The number of methoxy groups -OCH3 is 1. The molecule has 0 heterocycles. The number of benzene rings is 1. The van der Waals surface area contributed by atoms with Crippen LogP contribution in [0, 0.1) is 0 Å². The lowest BCUT2D eigenvalue weighted by molar-refractivity contribution is -0.140. The van der Waals surface area contributed by atoms with Crippen molar-refractivity contribution in [3.8, 4) is 0 Å². The van der Waals surface area contributed by atoms with E-state index in [1.54, 1.807) is 0 Å². The summed E-state index contributed by atoms with van der Waals surface area (Å²) in [6.45, 7) is 2.09. The Morgan fingerprint density at radius 2 is 1.86 bits per heavy atom. The summed E-state index contributed by atoms with van der Waals surface area (Å²) in [6, 6.07) is 9.51. The molecule has 0 radical (unpaired) electrons. The lowest BCUT2D eigenvalue weighted by Crippen LogP contribution is -2.28. The Balaban J connectivity index is 1.95. The van der Waals surface area contributed by atoms with E-state index in [9.17, 15) is 9.59 Å². The van der Waals surface area contributed by atoms with E-state index < -0.39 is 6.09 Å². The van der Waals surface area contributed by atoms with Crippen molar-refractivity contribution in [1.82, 2.24) is 10.6 Å². The summed E-state index contributed by atoms with van der Waals surface area (Å²) in [5, 5.41) is 5.76. The molecule has 21 heavy (non-hydrogen) atoms. The van der Waals surface area contributed by atoms with Gasteiger partial charge >= 0.3 is 12.1 Å². The zero-order chi connectivity index (χ0) is 15.3. The van der Waals surface area contributed by atoms with Crippen LogP contribution in [-0.2, 0) is 20.9 Å². The fourth-order valence-corrected chi connectivity index (χ4v) is 1.60. The summed E-state index contributed by atoms with van der Waals surface area (Å²) < 4.78 is 9.59. The summed E-state index contributed by atoms with van der Waals surface area (Å²) in [4.78, 5) is 22.3. The highest BCUT2D eigenvalue weighted by molar-refractivity contribution is 5.69. The molecule has 0 aliphatic carbocycles. The van der Waals surface area contributed by atoms with Crippen molar-refractivity contribution >= 4 is 12.1 Å². The molecule has 0 aliphatic rings. The van der Waals surface area contributed by atoms with E-state index in [1.807, 2.05) is 30.3 Å². The lowest BCUT2D eigenvalue weighted by Gasteiger charge is -2.07. The average Bonchev–Trinajstić information content (AvgIpc) is 2.52. The number of esters is 1. The topological polar surface area (TPSA) is 76.7 Å². The van der Waals surface area contributed by atoms with Crippen LogP contribution >= 0.6 is 0 Å². The van der Waals surface area contributed by atoms with Crippen molar-refractivity contribution in [2.45, 2.75) is 19.4 Å². The number of hydrogen-bond acceptors (Lipinski definition) is 5. The predicted octanol–water partition coefficient (Wildman–Crippen LogP) is 1.46. The summed E-state index contributed by atoms with van der Waals surface area (Å²) in [5.41, 5.74) is 0.956. The molecule has 0 aliphatic heterocycles. The maximum absolute atomic E-state index is 11.4. The van der Waals surface area contributed by atoms with E-state index in [2.05, 4.69) is 15.4 Å². The van der Waals surface area contributed by atoms with Crippen LogP contribution in [0.15, 0.2) is 30.3 Å². The fourth-order valence-electron chi connectivity index (χ4n) is 1.60. The van der Waals surface area contributed by atoms with Crippen molar-refractivity contribution in [2.75, 3.05) is 26.7 Å². The number of alkyl carbamates (subject to hydrolysis) is 1. The van der Waals surface area contributed by atoms with Crippen LogP contribution in [-0.4, -0.2) is 38.8 Å². The van der Waals surface area contributed by atoms with Gasteiger partial charge in [0.05, 0.1) is 13.5 Å². The number of ether oxygens (including phenoxy) is 2. The molecule has 1 aromatic carbocycles. The zero-order valence-electron chi connectivity index (χ0n) is 12.3. The van der Waals surface area contributed by atoms with E-state index in [0.29, 0.717) is 19.5 Å². The number of carbonyl (C=O) groups is 2. The van der Waals surface area contributed by atoms with Gasteiger partial charge in [-0.15, -0.1) is 0 Å². The molecule has 0 unspecified atom stereocenters. The first-order valence-electron chi connectivity index (χ1n) is 6.94. The molecule has 0 saturated heterocycles. The van der Waals surface area contributed by atoms with Crippen LogP contribution in [0.25, 0.3) is 0 Å². The third-order valence-corrected chi connectivity index (χ3v) is 2.75. The van der Waals surface area contributed by atoms with Crippen LogP contribution < -0.4 is 10.6 Å². The number of rotatable bonds is 9. The summed E-state index contributed by atoms with van der Waals surface area (Å²) >= 11 is 0. The Bertz CT molecular complexity index is 423. The van der Waals surface area contributed by atoms with Gasteiger partial charge in [0.2, 0.25) is 0 Å². The van der Waals surface area contributed by atoms with Crippen molar-refractivity contribution in [3.63, 3.8) is 0 Å². The molecule has 0 atom stereocenters. The molecule has 2 N–H and O–H groups in total. The molecule has 1 rings (SSSR count). The quantitative estimate of drug-likeness (QED) is 0.532. The molecular formula is C15H22N2O4. The van der Waals surface area contributed by atoms with E-state index >= 15 is 0 Å². The largest absolute Gasteiger partial charge is 0.469 e. The van der Waals surface area contributed by atoms with Gasteiger partial charge in [-0.05, 0) is 18.5 Å². The SMILES string of the molecule is COC(=O)CCNCCCNC(=O)OCc1ccccc1. The first-order valence-corrected chi connectivity index (χ1v) is 6.94. The molecule has 0 fully saturated rings. The van der Waals surface area contributed by atoms with Gasteiger partial charge < -0.3 is 20.1 Å².